The van der Waals surface area contributed by atoms with Crippen LogP contribution in [0.1, 0.15) is 68.2 Å². The van der Waals surface area contributed by atoms with E-state index in [2.05, 4.69) is 20.8 Å². The zero-order chi connectivity index (χ0) is 26.9. The molecule has 9 atom stereocenters. The summed E-state index contributed by atoms with van der Waals surface area (Å²) in [5, 5.41) is 0. The molecule has 0 unspecified atom stereocenters. The molecule has 7 nitrogen and oxygen atoms in total. The van der Waals surface area contributed by atoms with E-state index in [4.69, 9.17) is 23.7 Å². The Labute approximate surface area is 223 Å². The van der Waals surface area contributed by atoms with Crippen LogP contribution in [0.4, 0.5) is 0 Å². The third-order valence-electron chi connectivity index (χ3n) is 9.92. The second-order valence-electron chi connectivity index (χ2n) is 12.0. The molecule has 1 saturated carbocycles. The Bertz CT molecular complexity index is 1230. The van der Waals surface area contributed by atoms with Gasteiger partial charge < -0.3 is 23.7 Å². The third kappa shape index (κ3) is 3.66. The summed E-state index contributed by atoms with van der Waals surface area (Å²) in [6.07, 6.45) is 0.756. The molecule has 3 saturated heterocycles. The fraction of sp³-hybridized carbons (Fsp3) is 0.548. The molecule has 0 bridgehead atoms. The van der Waals surface area contributed by atoms with E-state index in [1.807, 2.05) is 50.2 Å². The lowest BCUT2D eigenvalue weighted by atomic mass is 9.64. The van der Waals surface area contributed by atoms with Crippen LogP contribution in [0.5, 0.6) is 0 Å². The Kier molecular flexibility index (Phi) is 5.80. The molecule has 1 aliphatic carbocycles. The first kappa shape index (κ1) is 25.5. The lowest BCUT2D eigenvalue weighted by Gasteiger charge is -2.44. The van der Waals surface area contributed by atoms with Crippen molar-refractivity contribution in [2.45, 2.75) is 82.8 Å². The zero-order valence-electron chi connectivity index (χ0n) is 22.6. The molecule has 2 aromatic rings. The lowest BCUT2D eigenvalue weighted by Crippen LogP contribution is -2.51. The molecule has 202 valence electrons. The molecule has 0 radical (unpaired) electrons. The summed E-state index contributed by atoms with van der Waals surface area (Å²) >= 11 is 0. The summed E-state index contributed by atoms with van der Waals surface area (Å²) < 4.78 is 31.4. The summed E-state index contributed by atoms with van der Waals surface area (Å²) in [5.41, 5.74) is -0.529. The second-order valence-corrected chi connectivity index (χ2v) is 12.0. The van der Waals surface area contributed by atoms with E-state index >= 15 is 0 Å². The number of benzene rings is 2. The molecule has 0 amide bonds. The summed E-state index contributed by atoms with van der Waals surface area (Å²) in [5.74, 6) is -1.41. The van der Waals surface area contributed by atoms with Gasteiger partial charge in [0.05, 0.1) is 17.2 Å². The number of epoxide rings is 1. The van der Waals surface area contributed by atoms with Crippen molar-refractivity contribution in [3.8, 4) is 0 Å². The highest BCUT2D eigenvalue weighted by Crippen LogP contribution is 2.72. The first-order valence-corrected chi connectivity index (χ1v) is 13.6. The number of fused-ring (bicyclic) bond motifs is 3. The predicted octanol–water partition coefficient (Wildman–Crippen LogP) is 5.18. The predicted molar refractivity (Wildman–Crippen MR) is 138 cm³/mol. The molecule has 3 heterocycles. The fourth-order valence-electron chi connectivity index (χ4n) is 7.39. The SMILES string of the molecule is C[C@H]1[C@H]2[C@@H](O[C@]13CC[C@@](C)(COC(=O)c1ccccc1)O3)[C@H]1O[C@@]1(C)[C@]2(C)[C@@H](C)OC(=O)c1ccccc1. The van der Waals surface area contributed by atoms with Gasteiger partial charge in [-0.25, -0.2) is 9.59 Å². The van der Waals surface area contributed by atoms with Gasteiger partial charge >= 0.3 is 11.9 Å². The van der Waals surface area contributed by atoms with E-state index in [9.17, 15) is 9.59 Å². The van der Waals surface area contributed by atoms with Crippen LogP contribution >= 0.6 is 0 Å². The van der Waals surface area contributed by atoms with Gasteiger partial charge in [-0.2, -0.15) is 0 Å². The molecule has 1 spiro atoms. The van der Waals surface area contributed by atoms with Crippen LogP contribution in [0, 0.1) is 17.3 Å². The number of esters is 2. The zero-order valence-corrected chi connectivity index (χ0v) is 22.6. The molecule has 4 aliphatic rings. The largest absolute Gasteiger partial charge is 0.459 e. The van der Waals surface area contributed by atoms with Crippen LogP contribution in [-0.4, -0.2) is 53.8 Å². The molecule has 38 heavy (non-hydrogen) atoms. The van der Waals surface area contributed by atoms with Crippen LogP contribution in [0.3, 0.4) is 0 Å². The average Bonchev–Trinajstić information content (AvgIpc) is 3.31. The van der Waals surface area contributed by atoms with E-state index in [1.165, 1.54) is 0 Å². The Morgan fingerprint density at radius 3 is 2.16 bits per heavy atom. The summed E-state index contributed by atoms with van der Waals surface area (Å²) in [4.78, 5) is 25.5. The normalized spacial score (nSPS) is 41.4. The minimum Gasteiger partial charge on any atom is -0.459 e. The third-order valence-corrected chi connectivity index (χ3v) is 9.92. The van der Waals surface area contributed by atoms with Crippen molar-refractivity contribution in [2.24, 2.45) is 17.3 Å². The van der Waals surface area contributed by atoms with E-state index in [0.29, 0.717) is 24.0 Å². The number of ether oxygens (including phenoxy) is 5. The first-order valence-electron chi connectivity index (χ1n) is 13.6. The maximum atomic E-state index is 13.0. The smallest absolute Gasteiger partial charge is 0.338 e. The Morgan fingerprint density at radius 2 is 1.53 bits per heavy atom. The molecule has 0 aromatic heterocycles. The standard InChI is InChI=1S/C31H36O7/c1-19-23-24(25-30(5,37-25)29(23,4)20(2)35-27(33)22-14-10-7-11-15-22)36-31(19)17-16-28(3,38-31)18-34-26(32)21-12-8-6-9-13-21/h6-15,19-20,23-25H,16-18H2,1-5H3/t19-,20+,23-,24+,25+,28-,29+,30+,31-/m0/s1. The second kappa shape index (κ2) is 8.63. The summed E-state index contributed by atoms with van der Waals surface area (Å²) in [6.45, 7) is 10.5. The van der Waals surface area contributed by atoms with Gasteiger partial charge in [-0.05, 0) is 51.5 Å². The maximum absolute atomic E-state index is 13.0. The van der Waals surface area contributed by atoms with Gasteiger partial charge in [0.15, 0.2) is 5.79 Å². The van der Waals surface area contributed by atoms with Gasteiger partial charge in [-0.1, -0.05) is 50.2 Å². The molecule has 2 aromatic carbocycles. The van der Waals surface area contributed by atoms with Crippen molar-refractivity contribution in [2.75, 3.05) is 6.61 Å². The number of carbonyl (C=O) groups excluding carboxylic acids is 2. The van der Waals surface area contributed by atoms with Crippen LogP contribution in [0.15, 0.2) is 60.7 Å². The molecule has 0 N–H and O–H groups in total. The van der Waals surface area contributed by atoms with Crippen molar-refractivity contribution in [3.05, 3.63) is 71.8 Å². The molecule has 3 aliphatic heterocycles. The van der Waals surface area contributed by atoms with E-state index < -0.39 is 28.5 Å². The average molecular weight is 521 g/mol. The topological polar surface area (TPSA) is 83.6 Å². The minimum absolute atomic E-state index is 0.0234. The highest BCUT2D eigenvalue weighted by Gasteiger charge is 2.84. The Hall–Kier alpha value is -2.74. The Balaban J connectivity index is 1.18. The van der Waals surface area contributed by atoms with Crippen molar-refractivity contribution < 1.29 is 33.3 Å². The first-order chi connectivity index (χ1) is 18.0. The van der Waals surface area contributed by atoms with Crippen LogP contribution in [0.25, 0.3) is 0 Å². The molecular weight excluding hydrogens is 484 g/mol. The maximum Gasteiger partial charge on any atom is 0.338 e. The van der Waals surface area contributed by atoms with Gasteiger partial charge in [-0.3, -0.25) is 0 Å². The Morgan fingerprint density at radius 1 is 0.921 bits per heavy atom. The van der Waals surface area contributed by atoms with Gasteiger partial charge in [0.2, 0.25) is 0 Å². The van der Waals surface area contributed by atoms with Crippen LogP contribution in [0.2, 0.25) is 0 Å². The number of hydrogen-bond acceptors (Lipinski definition) is 7. The van der Waals surface area contributed by atoms with E-state index in [-0.39, 0.29) is 42.6 Å². The van der Waals surface area contributed by atoms with Crippen LogP contribution in [-0.2, 0) is 23.7 Å². The highest BCUT2D eigenvalue weighted by molar-refractivity contribution is 5.89. The lowest BCUT2D eigenvalue weighted by molar-refractivity contribution is -0.260. The number of carbonyl (C=O) groups is 2. The minimum atomic E-state index is -0.805. The summed E-state index contributed by atoms with van der Waals surface area (Å²) in [6, 6.07) is 18.0. The van der Waals surface area contributed by atoms with Gasteiger partial charge in [0.25, 0.3) is 0 Å². The quantitative estimate of drug-likeness (QED) is 0.383. The molecular formula is C31H36O7. The van der Waals surface area contributed by atoms with Crippen LogP contribution < -0.4 is 0 Å². The van der Waals surface area contributed by atoms with E-state index in [0.717, 1.165) is 0 Å². The molecule has 4 fully saturated rings. The summed E-state index contributed by atoms with van der Waals surface area (Å²) in [7, 11) is 0. The number of rotatable bonds is 6. The van der Waals surface area contributed by atoms with Crippen molar-refractivity contribution >= 4 is 11.9 Å². The van der Waals surface area contributed by atoms with Crippen molar-refractivity contribution in [1.29, 1.82) is 0 Å². The van der Waals surface area contributed by atoms with E-state index in [1.54, 1.807) is 24.3 Å². The van der Waals surface area contributed by atoms with Crippen molar-refractivity contribution in [3.63, 3.8) is 0 Å². The van der Waals surface area contributed by atoms with Crippen molar-refractivity contribution in [1.82, 2.24) is 0 Å². The van der Waals surface area contributed by atoms with Gasteiger partial charge in [-0.15, -0.1) is 0 Å². The molecule has 7 heteroatoms. The van der Waals surface area contributed by atoms with Gasteiger partial charge in [0, 0.05) is 23.7 Å². The monoisotopic (exact) mass is 520 g/mol. The highest BCUT2D eigenvalue weighted by atomic mass is 16.7. The number of hydrogen-bond donors (Lipinski definition) is 0. The fourth-order valence-corrected chi connectivity index (χ4v) is 7.39. The van der Waals surface area contributed by atoms with Gasteiger partial charge in [0.1, 0.15) is 30.0 Å². The molecule has 6 rings (SSSR count).